The summed E-state index contributed by atoms with van der Waals surface area (Å²) >= 11 is 1.47. The van der Waals surface area contributed by atoms with Crippen LogP contribution in [-0.4, -0.2) is 46.1 Å². The molecule has 0 saturated heterocycles. The minimum Gasteiger partial charge on any atom is -0.474 e. The molecule has 2 unspecified atom stereocenters. The van der Waals surface area contributed by atoms with E-state index in [2.05, 4.69) is 24.3 Å². The third-order valence-corrected chi connectivity index (χ3v) is 8.64. The summed E-state index contributed by atoms with van der Waals surface area (Å²) in [6.07, 6.45) is 4.54. The highest BCUT2D eigenvalue weighted by atomic mass is 32.2. The second-order valence-corrected chi connectivity index (χ2v) is 12.1. The van der Waals surface area contributed by atoms with Crippen LogP contribution in [0, 0.1) is 29.1 Å². The first-order valence-electron chi connectivity index (χ1n) is 11.6. The number of amides is 2. The first kappa shape index (κ1) is 23.4. The Morgan fingerprint density at radius 1 is 1.31 bits per heavy atom. The van der Waals surface area contributed by atoms with Crippen LogP contribution in [0.4, 0.5) is 0 Å². The summed E-state index contributed by atoms with van der Waals surface area (Å²) in [5, 5.41) is 18.0. The minimum absolute atomic E-state index is 0.0396. The third-order valence-electron chi connectivity index (χ3n) is 7.16. The lowest BCUT2D eigenvalue weighted by atomic mass is 9.52. The molecule has 4 bridgehead atoms. The van der Waals surface area contributed by atoms with Gasteiger partial charge in [0, 0.05) is 11.8 Å². The van der Waals surface area contributed by atoms with E-state index in [1.54, 1.807) is 13.8 Å². The van der Waals surface area contributed by atoms with Gasteiger partial charge in [-0.1, -0.05) is 13.8 Å². The van der Waals surface area contributed by atoms with Crippen molar-refractivity contribution in [2.75, 3.05) is 12.4 Å². The molecule has 4 fully saturated rings. The van der Waals surface area contributed by atoms with Gasteiger partial charge in [-0.05, 0) is 74.8 Å². The van der Waals surface area contributed by atoms with Crippen LogP contribution in [0.5, 0.6) is 5.88 Å². The number of nitrogens with one attached hydrogen (secondary N) is 1. The number of carbonyl (C=O) groups excluding carboxylic acids is 2. The first-order chi connectivity index (χ1) is 15.0. The minimum atomic E-state index is -0.873. The zero-order valence-electron chi connectivity index (χ0n) is 19.3. The molecule has 4 aliphatic rings. The molecular formula is C23H35N3O5S. The number of ether oxygens (including phenoxy) is 1. The molecule has 0 aliphatic heterocycles. The fourth-order valence-corrected chi connectivity index (χ4v) is 6.62. The lowest BCUT2D eigenvalue weighted by molar-refractivity contribution is -0.137. The molecule has 9 heteroatoms. The quantitative estimate of drug-likeness (QED) is 0.478. The third kappa shape index (κ3) is 4.64. The molecule has 2 amide bonds. The molecule has 8 nitrogen and oxygen atoms in total. The van der Waals surface area contributed by atoms with Crippen LogP contribution in [0.15, 0.2) is 9.42 Å². The Bertz CT molecular complexity index is 867. The lowest BCUT2D eigenvalue weighted by Crippen LogP contribution is -2.61. The second kappa shape index (κ2) is 8.56. The summed E-state index contributed by atoms with van der Waals surface area (Å²) in [5.74, 6) is 1.93. The largest absolute Gasteiger partial charge is 0.474 e. The van der Waals surface area contributed by atoms with Gasteiger partial charge in [-0.2, -0.15) is 0 Å². The van der Waals surface area contributed by atoms with Crippen molar-refractivity contribution in [3.05, 3.63) is 5.76 Å². The highest BCUT2D eigenvalue weighted by molar-refractivity contribution is 7.99. The molecule has 1 aromatic heterocycles. The van der Waals surface area contributed by atoms with Crippen molar-refractivity contribution in [3.63, 3.8) is 0 Å². The number of aromatic nitrogens is 1. The predicted octanol–water partition coefficient (Wildman–Crippen LogP) is 2.98. The van der Waals surface area contributed by atoms with Crippen molar-refractivity contribution < 1.29 is 24.0 Å². The normalized spacial score (nSPS) is 31.2. The van der Waals surface area contributed by atoms with Crippen LogP contribution in [0.1, 0.15) is 70.4 Å². The summed E-state index contributed by atoms with van der Waals surface area (Å²) < 4.78 is 11.2. The molecule has 32 heavy (non-hydrogen) atoms. The van der Waals surface area contributed by atoms with Crippen molar-refractivity contribution in [2.45, 2.75) is 76.3 Å². The van der Waals surface area contributed by atoms with Gasteiger partial charge in [0.15, 0.2) is 0 Å². The van der Waals surface area contributed by atoms with E-state index in [1.807, 2.05) is 0 Å². The van der Waals surface area contributed by atoms with Crippen LogP contribution < -0.4 is 15.8 Å². The molecule has 0 aromatic carbocycles. The van der Waals surface area contributed by atoms with Gasteiger partial charge in [-0.3, -0.25) is 9.59 Å². The first-order valence-corrected chi connectivity index (χ1v) is 12.5. The Hall–Kier alpha value is -1.74. The van der Waals surface area contributed by atoms with E-state index < -0.39 is 16.9 Å². The van der Waals surface area contributed by atoms with Crippen molar-refractivity contribution >= 4 is 23.6 Å². The van der Waals surface area contributed by atoms with Gasteiger partial charge >= 0.3 is 0 Å². The van der Waals surface area contributed by atoms with Gasteiger partial charge in [0.2, 0.25) is 11.7 Å². The van der Waals surface area contributed by atoms with Gasteiger partial charge in [0.25, 0.3) is 11.8 Å². The average molecular weight is 466 g/mol. The molecule has 0 spiro atoms. The number of thioether (sulfide) groups is 1. The smallest absolute Gasteiger partial charge is 0.291 e. The summed E-state index contributed by atoms with van der Waals surface area (Å²) in [6, 6.07) is 0.0468. The Balaban J connectivity index is 1.50. The van der Waals surface area contributed by atoms with Crippen LogP contribution in [0.25, 0.3) is 0 Å². The molecule has 1 heterocycles. The molecule has 4 N–H and O–H groups in total. The van der Waals surface area contributed by atoms with Crippen LogP contribution in [0.2, 0.25) is 0 Å². The molecule has 178 valence electrons. The molecule has 2 atom stereocenters. The Labute approximate surface area is 193 Å². The Morgan fingerprint density at radius 3 is 2.53 bits per heavy atom. The zero-order valence-corrected chi connectivity index (χ0v) is 20.2. The number of primary amides is 1. The highest BCUT2D eigenvalue weighted by Crippen LogP contribution is 2.55. The monoisotopic (exact) mass is 465 g/mol. The van der Waals surface area contributed by atoms with Crippen molar-refractivity contribution in [3.8, 4) is 5.88 Å². The summed E-state index contributed by atoms with van der Waals surface area (Å²) in [5.41, 5.74) is 4.03. The maximum absolute atomic E-state index is 13.3. The molecule has 4 aliphatic carbocycles. The summed E-state index contributed by atoms with van der Waals surface area (Å²) in [6.45, 7) is 7.62. The second-order valence-electron chi connectivity index (χ2n) is 11.1. The standard InChI is InChI=1S/C23H35N3O5S/c1-12(2)10-32-18-17(31-26-20(18)30-11-22(3,4)21(24)28)19(27)25-16-14-5-13-6-15(16)9-23(29,7-13)8-14/h12-16,29H,5-11H2,1-4H3,(H2,24,28)(H,25,27). The molecular weight excluding hydrogens is 430 g/mol. The summed E-state index contributed by atoms with van der Waals surface area (Å²) in [4.78, 5) is 25.4. The van der Waals surface area contributed by atoms with Crippen molar-refractivity contribution in [2.24, 2.45) is 34.8 Å². The predicted molar refractivity (Wildman–Crippen MR) is 120 cm³/mol. The fraction of sp³-hybridized carbons (Fsp3) is 0.783. The molecule has 0 radical (unpaired) electrons. The number of hydrogen-bond donors (Lipinski definition) is 3. The van der Waals surface area contributed by atoms with E-state index in [0.717, 1.165) is 37.9 Å². The zero-order chi connectivity index (χ0) is 23.3. The van der Waals surface area contributed by atoms with Gasteiger partial charge in [-0.15, -0.1) is 11.8 Å². The SMILES string of the molecule is CC(C)CSc1c(OCC(C)(C)C(N)=O)noc1C(=O)NC1C2CC3CC1CC(O)(C3)C2. The molecule has 4 saturated carbocycles. The van der Waals surface area contributed by atoms with E-state index in [0.29, 0.717) is 28.6 Å². The maximum Gasteiger partial charge on any atom is 0.291 e. The Kier molecular flexibility index (Phi) is 6.26. The number of hydrogen-bond acceptors (Lipinski definition) is 7. The Morgan fingerprint density at radius 2 is 1.97 bits per heavy atom. The number of nitrogens with two attached hydrogens (primary N) is 1. The van der Waals surface area contributed by atoms with E-state index in [-0.39, 0.29) is 30.2 Å². The fourth-order valence-electron chi connectivity index (χ4n) is 5.63. The average Bonchev–Trinajstić information content (AvgIpc) is 3.09. The summed E-state index contributed by atoms with van der Waals surface area (Å²) in [7, 11) is 0. The van der Waals surface area contributed by atoms with E-state index in [1.165, 1.54) is 11.8 Å². The van der Waals surface area contributed by atoms with Crippen molar-refractivity contribution in [1.82, 2.24) is 10.5 Å². The van der Waals surface area contributed by atoms with E-state index in [9.17, 15) is 14.7 Å². The van der Waals surface area contributed by atoms with Gasteiger partial charge < -0.3 is 25.4 Å². The molecule has 5 rings (SSSR count). The van der Waals surface area contributed by atoms with E-state index in [4.69, 9.17) is 15.0 Å². The lowest BCUT2D eigenvalue weighted by Gasteiger charge is -2.58. The van der Waals surface area contributed by atoms with Gasteiger partial charge in [0.05, 0.1) is 11.0 Å². The highest BCUT2D eigenvalue weighted by Gasteiger charge is 2.55. The number of nitrogens with zero attached hydrogens (tertiary/aromatic N) is 1. The van der Waals surface area contributed by atoms with Crippen molar-refractivity contribution in [1.29, 1.82) is 0 Å². The van der Waals surface area contributed by atoms with Crippen LogP contribution >= 0.6 is 11.8 Å². The number of rotatable bonds is 9. The molecule has 1 aromatic rings. The number of aliphatic hydroxyl groups is 1. The van der Waals surface area contributed by atoms with Crippen LogP contribution in [-0.2, 0) is 4.79 Å². The van der Waals surface area contributed by atoms with E-state index >= 15 is 0 Å². The van der Waals surface area contributed by atoms with Gasteiger partial charge in [-0.25, -0.2) is 0 Å². The van der Waals surface area contributed by atoms with Gasteiger partial charge in [0.1, 0.15) is 11.5 Å². The topological polar surface area (TPSA) is 128 Å². The maximum atomic E-state index is 13.3. The van der Waals surface area contributed by atoms with Crippen LogP contribution in [0.3, 0.4) is 0 Å². The number of carbonyl (C=O) groups is 2.